The van der Waals surface area contributed by atoms with Gasteiger partial charge in [0, 0.05) is 5.54 Å². The van der Waals surface area contributed by atoms with E-state index in [2.05, 4.69) is 25.8 Å². The van der Waals surface area contributed by atoms with E-state index in [0.717, 1.165) is 25.7 Å². The van der Waals surface area contributed by atoms with Gasteiger partial charge in [-0.05, 0) is 26.7 Å². The number of hydrogen-bond acceptors (Lipinski definition) is 1. The Hall–Kier alpha value is -0.860. The van der Waals surface area contributed by atoms with Crippen LogP contribution in [0, 0.1) is 12.9 Å². The van der Waals surface area contributed by atoms with Crippen molar-refractivity contribution in [3.8, 4) is 0 Å². The summed E-state index contributed by atoms with van der Waals surface area (Å²) in [6.07, 6.45) is 12.4. The van der Waals surface area contributed by atoms with Gasteiger partial charge in [-0.15, -0.1) is 0 Å². The number of imidazole rings is 1. The third-order valence-electron chi connectivity index (χ3n) is 4.35. The van der Waals surface area contributed by atoms with Crippen molar-refractivity contribution >= 4 is 0 Å². The molecule has 1 aromatic rings. The number of nitrogens with zero attached hydrogens (tertiary/aromatic N) is 2. The predicted molar refractivity (Wildman–Crippen MR) is 83.5 cm³/mol. The minimum atomic E-state index is -0.155. The molecule has 20 heavy (non-hydrogen) atoms. The van der Waals surface area contributed by atoms with Crippen LogP contribution in [0.25, 0.3) is 0 Å². The van der Waals surface area contributed by atoms with Crippen LogP contribution >= 0.6 is 0 Å². The lowest BCUT2D eigenvalue weighted by molar-refractivity contribution is 0.224. The zero-order valence-electron chi connectivity index (χ0n) is 13.7. The third kappa shape index (κ3) is 4.60. The molecular weight excluding hydrogens is 251 g/mol. The Kier molecular flexibility index (Phi) is 7.25. The minimum Gasteiger partial charge on any atom is -0.301 e. The third-order valence-corrected chi connectivity index (χ3v) is 4.35. The molecule has 0 spiro atoms. The lowest BCUT2D eigenvalue weighted by atomic mass is 9.88. The number of aromatic nitrogens is 2. The smallest absolute Gasteiger partial charge is 0.216 e. The van der Waals surface area contributed by atoms with Gasteiger partial charge in [0.15, 0.2) is 0 Å². The van der Waals surface area contributed by atoms with Gasteiger partial charge in [0.25, 0.3) is 0 Å². The molecule has 1 atom stereocenters. The second kappa shape index (κ2) is 8.43. The van der Waals surface area contributed by atoms with Crippen molar-refractivity contribution in [2.24, 2.45) is 0 Å². The summed E-state index contributed by atoms with van der Waals surface area (Å²) in [5, 5.41) is 0. The first-order valence-corrected chi connectivity index (χ1v) is 8.25. The van der Waals surface area contributed by atoms with E-state index in [0.29, 0.717) is 5.69 Å². The van der Waals surface area contributed by atoms with Crippen molar-refractivity contribution in [2.75, 3.05) is 0 Å². The summed E-state index contributed by atoms with van der Waals surface area (Å²) >= 11 is 0. The molecule has 0 bridgehead atoms. The molecule has 1 heterocycles. The van der Waals surface area contributed by atoms with E-state index < -0.39 is 0 Å². The average molecular weight is 282 g/mol. The van der Waals surface area contributed by atoms with Crippen LogP contribution in [0.4, 0.5) is 4.39 Å². The molecule has 0 aromatic carbocycles. The molecule has 0 aliphatic carbocycles. The molecule has 0 N–H and O–H groups in total. The summed E-state index contributed by atoms with van der Waals surface area (Å²) in [6.45, 7) is 8.35. The van der Waals surface area contributed by atoms with Crippen molar-refractivity contribution < 1.29 is 4.39 Å². The molecule has 1 rings (SSSR count). The van der Waals surface area contributed by atoms with Crippen LogP contribution in [0.5, 0.6) is 0 Å². The Morgan fingerprint density at radius 3 is 2.20 bits per heavy atom. The molecule has 0 saturated carbocycles. The molecule has 1 unspecified atom stereocenters. The Morgan fingerprint density at radius 1 is 1.05 bits per heavy atom. The van der Waals surface area contributed by atoms with Crippen molar-refractivity contribution in [3.63, 3.8) is 0 Å². The Balaban J connectivity index is 2.68. The molecule has 0 saturated heterocycles. The number of unbranched alkanes of at least 4 members (excludes halogenated alkanes) is 5. The lowest BCUT2D eigenvalue weighted by Crippen LogP contribution is -2.31. The Bertz CT molecular complexity index is 386. The molecule has 2 nitrogen and oxygen atoms in total. The maximum atomic E-state index is 14.2. The van der Waals surface area contributed by atoms with Crippen molar-refractivity contribution in [3.05, 3.63) is 18.0 Å². The van der Waals surface area contributed by atoms with Crippen LogP contribution in [0.1, 0.15) is 84.3 Å². The molecule has 0 amide bonds. The largest absolute Gasteiger partial charge is 0.301 e. The van der Waals surface area contributed by atoms with Crippen LogP contribution in [-0.2, 0) is 5.54 Å². The molecule has 0 aliphatic rings. The molecule has 0 radical (unpaired) electrons. The molecule has 3 heteroatoms. The second-order valence-electron chi connectivity index (χ2n) is 6.26. The van der Waals surface area contributed by atoms with E-state index >= 15 is 0 Å². The second-order valence-corrected chi connectivity index (χ2v) is 6.26. The highest BCUT2D eigenvalue weighted by Crippen LogP contribution is 2.31. The Morgan fingerprint density at radius 2 is 1.65 bits per heavy atom. The maximum absolute atomic E-state index is 14.2. The zero-order chi connectivity index (χ0) is 15.0. The first-order chi connectivity index (χ1) is 9.55. The summed E-state index contributed by atoms with van der Waals surface area (Å²) in [7, 11) is 0. The maximum Gasteiger partial charge on any atom is 0.216 e. The fourth-order valence-corrected chi connectivity index (χ4v) is 2.83. The number of hydrogen-bond donors (Lipinski definition) is 0. The quantitative estimate of drug-likeness (QED) is 0.511. The van der Waals surface area contributed by atoms with E-state index in [1.165, 1.54) is 32.1 Å². The summed E-state index contributed by atoms with van der Waals surface area (Å²) < 4.78 is 16.0. The normalized spacial score (nSPS) is 14.4. The monoisotopic (exact) mass is 282 g/mol. The van der Waals surface area contributed by atoms with E-state index in [1.54, 1.807) is 17.8 Å². The molecule has 1 aromatic heterocycles. The highest BCUT2D eigenvalue weighted by atomic mass is 19.1. The topological polar surface area (TPSA) is 17.8 Å². The standard InChI is InChI=1S/C17H31FN2/c1-5-7-9-10-11-13-17(4,12-8-6-2)20-14-19-15(3)16(20)18/h14H,5-13H2,1-4H3. The van der Waals surface area contributed by atoms with Crippen LogP contribution in [-0.4, -0.2) is 9.55 Å². The lowest BCUT2D eigenvalue weighted by Gasteiger charge is -2.32. The van der Waals surface area contributed by atoms with E-state index in [1.807, 2.05) is 0 Å². The van der Waals surface area contributed by atoms with Gasteiger partial charge in [0.1, 0.15) is 0 Å². The van der Waals surface area contributed by atoms with E-state index in [-0.39, 0.29) is 11.5 Å². The van der Waals surface area contributed by atoms with Crippen molar-refractivity contribution in [1.82, 2.24) is 9.55 Å². The summed E-state index contributed by atoms with van der Waals surface area (Å²) in [5.74, 6) is -0.155. The van der Waals surface area contributed by atoms with Crippen LogP contribution in [0.2, 0.25) is 0 Å². The SMILES string of the molecule is CCCCCCCC(C)(CCCC)n1cnc(C)c1F. The van der Waals surface area contributed by atoms with Gasteiger partial charge in [0.05, 0.1) is 12.0 Å². The van der Waals surface area contributed by atoms with Gasteiger partial charge in [-0.2, -0.15) is 4.39 Å². The highest BCUT2D eigenvalue weighted by molar-refractivity contribution is 5.01. The first-order valence-electron chi connectivity index (χ1n) is 8.25. The summed E-state index contributed by atoms with van der Waals surface area (Å²) in [6, 6.07) is 0. The van der Waals surface area contributed by atoms with Crippen LogP contribution in [0.15, 0.2) is 6.33 Å². The fraction of sp³-hybridized carbons (Fsp3) is 0.824. The summed E-state index contributed by atoms with van der Waals surface area (Å²) in [5.41, 5.74) is 0.395. The molecule has 0 aliphatic heterocycles. The minimum absolute atomic E-state index is 0.117. The number of rotatable bonds is 10. The number of aryl methyl sites for hydroxylation is 1. The van der Waals surface area contributed by atoms with Crippen LogP contribution < -0.4 is 0 Å². The van der Waals surface area contributed by atoms with Gasteiger partial charge in [0.2, 0.25) is 5.95 Å². The van der Waals surface area contributed by atoms with Gasteiger partial charge >= 0.3 is 0 Å². The highest BCUT2D eigenvalue weighted by Gasteiger charge is 2.28. The molecular formula is C17H31FN2. The average Bonchev–Trinajstić information content (AvgIpc) is 2.77. The summed E-state index contributed by atoms with van der Waals surface area (Å²) in [4.78, 5) is 4.14. The van der Waals surface area contributed by atoms with Gasteiger partial charge < -0.3 is 4.57 Å². The van der Waals surface area contributed by atoms with E-state index in [9.17, 15) is 4.39 Å². The predicted octanol–water partition coefficient (Wildman–Crippen LogP) is 5.60. The van der Waals surface area contributed by atoms with Crippen molar-refractivity contribution in [1.29, 1.82) is 0 Å². The zero-order valence-corrected chi connectivity index (χ0v) is 13.7. The molecule has 0 fully saturated rings. The number of halogens is 1. The molecule has 116 valence electrons. The van der Waals surface area contributed by atoms with Gasteiger partial charge in [-0.25, -0.2) is 4.98 Å². The van der Waals surface area contributed by atoms with Crippen LogP contribution in [0.3, 0.4) is 0 Å². The van der Waals surface area contributed by atoms with Gasteiger partial charge in [-0.1, -0.05) is 58.8 Å². The first kappa shape index (κ1) is 17.2. The Labute approximate surface area is 123 Å². The van der Waals surface area contributed by atoms with Gasteiger partial charge in [-0.3, -0.25) is 0 Å². The fourth-order valence-electron chi connectivity index (χ4n) is 2.83. The van der Waals surface area contributed by atoms with E-state index in [4.69, 9.17) is 0 Å². The van der Waals surface area contributed by atoms with Crippen molar-refractivity contribution in [2.45, 2.75) is 91.0 Å².